The lowest BCUT2D eigenvalue weighted by Gasteiger charge is -2.02. The van der Waals surface area contributed by atoms with Crippen LogP contribution in [0.2, 0.25) is 0 Å². The summed E-state index contributed by atoms with van der Waals surface area (Å²) in [6.45, 7) is 0.440. The van der Waals surface area contributed by atoms with Crippen molar-refractivity contribution in [1.29, 1.82) is 0 Å². The first-order chi connectivity index (χ1) is 12.1. The summed E-state index contributed by atoms with van der Waals surface area (Å²) in [6.07, 6.45) is 1.79. The van der Waals surface area contributed by atoms with Crippen LogP contribution in [0.15, 0.2) is 59.1 Å². The Hall–Kier alpha value is -2.02. The maximum atomic E-state index is 12.2. The molecule has 126 valence electrons. The second kappa shape index (κ2) is 8.38. The Morgan fingerprint density at radius 3 is 2.52 bits per heavy atom. The fraction of sp³-hybridized carbons (Fsp3) is 0.0556. The molecule has 0 spiro atoms. The van der Waals surface area contributed by atoms with E-state index in [9.17, 15) is 4.79 Å². The van der Waals surface area contributed by atoms with E-state index in [4.69, 9.17) is 11.6 Å². The number of nitrogens with zero attached hydrogens (tertiary/aromatic N) is 2. The van der Waals surface area contributed by atoms with Crippen LogP contribution in [0.4, 0.5) is 0 Å². The van der Waals surface area contributed by atoms with Crippen molar-refractivity contribution in [2.24, 2.45) is 0 Å². The van der Waals surface area contributed by atoms with Gasteiger partial charge < -0.3 is 5.32 Å². The van der Waals surface area contributed by atoms with Crippen LogP contribution in [-0.2, 0) is 6.54 Å². The number of carbonyl (C=O) groups excluding carboxylic acids is 1. The maximum absolute atomic E-state index is 12.2. The molecule has 0 fully saturated rings. The van der Waals surface area contributed by atoms with Gasteiger partial charge in [0.05, 0.1) is 5.03 Å². The molecule has 0 bridgehead atoms. The summed E-state index contributed by atoms with van der Waals surface area (Å²) in [6, 6.07) is 17.4. The second-order valence-corrected chi connectivity index (χ2v) is 7.33. The fourth-order valence-corrected chi connectivity index (χ4v) is 3.39. The Bertz CT molecular complexity index is 911. The number of hydrogen-bond acceptors (Lipinski definition) is 4. The smallest absolute Gasteiger partial charge is 0.282 e. The van der Waals surface area contributed by atoms with Crippen molar-refractivity contribution in [3.05, 3.63) is 80.2 Å². The van der Waals surface area contributed by atoms with E-state index in [-0.39, 0.29) is 10.9 Å². The number of halogens is 2. The summed E-state index contributed by atoms with van der Waals surface area (Å²) in [4.78, 5) is 12.2. The Labute approximate surface area is 162 Å². The van der Waals surface area contributed by atoms with Crippen LogP contribution in [-0.4, -0.2) is 16.1 Å². The van der Waals surface area contributed by atoms with Crippen LogP contribution in [0.3, 0.4) is 0 Å². The number of hydrogen-bond donors (Lipinski definition) is 1. The highest BCUT2D eigenvalue weighted by Gasteiger charge is 2.14. The molecule has 1 heterocycles. The van der Waals surface area contributed by atoms with E-state index in [1.54, 1.807) is 6.08 Å². The van der Waals surface area contributed by atoms with Gasteiger partial charge in [0.1, 0.15) is 0 Å². The molecule has 0 saturated heterocycles. The van der Waals surface area contributed by atoms with Gasteiger partial charge in [-0.25, -0.2) is 0 Å². The van der Waals surface area contributed by atoms with E-state index < -0.39 is 0 Å². The third kappa shape index (κ3) is 4.75. The first kappa shape index (κ1) is 17.8. The molecule has 0 saturated carbocycles. The van der Waals surface area contributed by atoms with E-state index in [0.29, 0.717) is 16.6 Å². The summed E-state index contributed by atoms with van der Waals surface area (Å²) in [5.41, 5.74) is 1.95. The van der Waals surface area contributed by atoms with Gasteiger partial charge in [-0.05, 0) is 23.3 Å². The monoisotopic (exact) mass is 433 g/mol. The molecule has 2 aromatic carbocycles. The van der Waals surface area contributed by atoms with Crippen LogP contribution < -0.4 is 5.32 Å². The summed E-state index contributed by atoms with van der Waals surface area (Å²) in [7, 11) is 0. The Morgan fingerprint density at radius 2 is 1.76 bits per heavy atom. The number of carbonyl (C=O) groups is 1. The van der Waals surface area contributed by atoms with Gasteiger partial charge in [-0.15, -0.1) is 10.2 Å². The molecular weight excluding hydrogens is 422 g/mol. The molecule has 0 aliphatic rings. The molecule has 4 nitrogen and oxygen atoms in total. The molecule has 1 amide bonds. The molecule has 3 aromatic rings. The van der Waals surface area contributed by atoms with Gasteiger partial charge in [-0.3, -0.25) is 4.79 Å². The highest BCUT2D eigenvalue weighted by molar-refractivity contribution is 9.10. The minimum absolute atomic E-state index is 0.266. The number of amides is 1. The Balaban J connectivity index is 1.69. The van der Waals surface area contributed by atoms with E-state index in [1.807, 2.05) is 54.6 Å². The molecule has 0 aliphatic heterocycles. The normalized spacial score (nSPS) is 11.4. The van der Waals surface area contributed by atoms with Crippen molar-refractivity contribution < 1.29 is 4.79 Å². The van der Waals surface area contributed by atoms with Crippen molar-refractivity contribution in [2.75, 3.05) is 0 Å². The second-order valence-electron chi connectivity index (χ2n) is 5.09. The van der Waals surface area contributed by atoms with Crippen LogP contribution in [0, 0.1) is 0 Å². The SMILES string of the molecule is O=C(NCc1ccccc1)c1nnc(/C(Cl)=C/c2ccccc2Br)s1. The minimum atomic E-state index is -0.266. The van der Waals surface area contributed by atoms with Crippen molar-refractivity contribution in [3.63, 3.8) is 0 Å². The van der Waals surface area contributed by atoms with E-state index in [1.165, 1.54) is 0 Å². The molecule has 0 radical (unpaired) electrons. The van der Waals surface area contributed by atoms with E-state index in [0.717, 1.165) is 26.9 Å². The first-order valence-corrected chi connectivity index (χ1v) is 9.40. The van der Waals surface area contributed by atoms with Gasteiger partial charge in [-0.1, -0.05) is 87.4 Å². The molecule has 0 atom stereocenters. The van der Waals surface area contributed by atoms with Gasteiger partial charge >= 0.3 is 0 Å². The molecule has 0 aliphatic carbocycles. The van der Waals surface area contributed by atoms with Crippen molar-refractivity contribution in [3.8, 4) is 0 Å². The standard InChI is InChI=1S/C18H13BrClN3OS/c19-14-9-5-4-8-13(14)10-15(20)17-22-23-18(25-17)16(24)21-11-12-6-2-1-3-7-12/h1-10H,11H2,(H,21,24)/b15-10-. The lowest BCUT2D eigenvalue weighted by atomic mass is 10.2. The van der Waals surface area contributed by atoms with Gasteiger partial charge in [-0.2, -0.15) is 0 Å². The summed E-state index contributed by atoms with van der Waals surface area (Å²) < 4.78 is 0.929. The summed E-state index contributed by atoms with van der Waals surface area (Å²) in [5.74, 6) is -0.266. The maximum Gasteiger partial charge on any atom is 0.282 e. The number of benzene rings is 2. The minimum Gasteiger partial charge on any atom is -0.346 e. The van der Waals surface area contributed by atoms with E-state index >= 15 is 0 Å². The zero-order chi connectivity index (χ0) is 17.6. The largest absolute Gasteiger partial charge is 0.346 e. The summed E-state index contributed by atoms with van der Waals surface area (Å²) in [5, 5.41) is 12.0. The number of rotatable bonds is 5. The fourth-order valence-electron chi connectivity index (χ4n) is 2.06. The number of nitrogens with one attached hydrogen (secondary N) is 1. The first-order valence-electron chi connectivity index (χ1n) is 7.41. The topological polar surface area (TPSA) is 54.9 Å². The molecule has 7 heteroatoms. The van der Waals surface area contributed by atoms with Gasteiger partial charge in [0.2, 0.25) is 5.01 Å². The van der Waals surface area contributed by atoms with Crippen molar-refractivity contribution in [1.82, 2.24) is 15.5 Å². The lowest BCUT2D eigenvalue weighted by molar-refractivity contribution is 0.0950. The van der Waals surface area contributed by atoms with Crippen LogP contribution in [0.5, 0.6) is 0 Å². The Morgan fingerprint density at radius 1 is 1.08 bits per heavy atom. The third-order valence-electron chi connectivity index (χ3n) is 3.31. The summed E-state index contributed by atoms with van der Waals surface area (Å²) >= 11 is 10.9. The molecule has 25 heavy (non-hydrogen) atoms. The predicted molar refractivity (Wildman–Crippen MR) is 105 cm³/mol. The molecule has 1 aromatic heterocycles. The molecular formula is C18H13BrClN3OS. The highest BCUT2D eigenvalue weighted by Crippen LogP contribution is 2.27. The lowest BCUT2D eigenvalue weighted by Crippen LogP contribution is -2.22. The average Bonchev–Trinajstić information content (AvgIpc) is 3.13. The van der Waals surface area contributed by atoms with Crippen LogP contribution in [0.25, 0.3) is 11.1 Å². The van der Waals surface area contributed by atoms with Gasteiger partial charge in [0, 0.05) is 11.0 Å². The zero-order valence-electron chi connectivity index (χ0n) is 12.9. The predicted octanol–water partition coefficient (Wildman–Crippen LogP) is 4.97. The molecule has 3 rings (SSSR count). The quantitative estimate of drug-likeness (QED) is 0.617. The Kier molecular flexibility index (Phi) is 5.96. The van der Waals surface area contributed by atoms with E-state index in [2.05, 4.69) is 31.4 Å². The molecule has 0 unspecified atom stereocenters. The zero-order valence-corrected chi connectivity index (χ0v) is 16.1. The van der Waals surface area contributed by atoms with Crippen LogP contribution >= 0.6 is 38.9 Å². The number of aromatic nitrogens is 2. The third-order valence-corrected chi connectivity index (χ3v) is 5.38. The van der Waals surface area contributed by atoms with Crippen LogP contribution in [0.1, 0.15) is 25.9 Å². The highest BCUT2D eigenvalue weighted by atomic mass is 79.9. The average molecular weight is 435 g/mol. The van der Waals surface area contributed by atoms with Gasteiger partial charge in [0.15, 0.2) is 5.01 Å². The van der Waals surface area contributed by atoms with Crippen molar-refractivity contribution in [2.45, 2.75) is 6.54 Å². The van der Waals surface area contributed by atoms with Gasteiger partial charge in [0.25, 0.3) is 5.91 Å². The molecule has 1 N–H and O–H groups in total. The van der Waals surface area contributed by atoms with Crippen molar-refractivity contribution >= 4 is 55.9 Å².